The van der Waals surface area contributed by atoms with Crippen LogP contribution in [-0.2, 0) is 54.5 Å². The van der Waals surface area contributed by atoms with Crippen LogP contribution in [0, 0.1) is 17.3 Å². The Hall–Kier alpha value is -7.59. The van der Waals surface area contributed by atoms with Gasteiger partial charge in [-0.2, -0.15) is 5.10 Å². The largest absolute Gasteiger partial charge is 0.491 e. The summed E-state index contributed by atoms with van der Waals surface area (Å²) >= 11 is 0. The van der Waals surface area contributed by atoms with Gasteiger partial charge >= 0.3 is 0 Å². The Bertz CT molecular complexity index is 3180. The summed E-state index contributed by atoms with van der Waals surface area (Å²) in [5.41, 5.74) is 4.86. The van der Waals surface area contributed by atoms with Gasteiger partial charge in [0.2, 0.25) is 23.6 Å². The molecule has 1 fully saturated rings. The highest BCUT2D eigenvalue weighted by Crippen LogP contribution is 2.35. The predicted octanol–water partition coefficient (Wildman–Crippen LogP) is 9.18. The fourth-order valence-electron chi connectivity index (χ4n) is 10.2. The van der Waals surface area contributed by atoms with Gasteiger partial charge in [-0.15, -0.1) is 0 Å². The molecule has 4 heterocycles. The molecule has 0 bridgehead atoms. The molecular weight excluding hydrogens is 1080 g/mol. The number of benzene rings is 3. The van der Waals surface area contributed by atoms with E-state index in [-0.39, 0.29) is 53.5 Å². The van der Waals surface area contributed by atoms with Crippen molar-refractivity contribution in [2.45, 2.75) is 117 Å². The van der Waals surface area contributed by atoms with Crippen molar-refractivity contribution in [3.8, 4) is 22.9 Å². The van der Waals surface area contributed by atoms with Gasteiger partial charge in [-0.05, 0) is 114 Å². The van der Waals surface area contributed by atoms with E-state index >= 15 is 0 Å². The van der Waals surface area contributed by atoms with E-state index < -0.39 is 35.5 Å². The number of carbonyl (C=O) groups excluding carboxylic acids is 4. The second-order valence-electron chi connectivity index (χ2n) is 22.8. The van der Waals surface area contributed by atoms with E-state index in [4.69, 9.17) is 23.4 Å². The molecule has 3 aromatic heterocycles. The summed E-state index contributed by atoms with van der Waals surface area (Å²) in [4.78, 5) is 65.7. The normalized spacial score (nSPS) is 16.5. The number of hydrogen-bond acceptors (Lipinski definition) is 14. The number of fused-ring (bicyclic) bond motifs is 2. The smallest absolute Gasteiger partial charge is 0.284 e. The van der Waals surface area contributed by atoms with E-state index in [0.717, 1.165) is 48.1 Å². The van der Waals surface area contributed by atoms with E-state index in [1.165, 1.54) is 35.5 Å². The Kier molecular flexibility index (Phi) is 20.9. The number of pyridine rings is 1. The number of amides is 4. The van der Waals surface area contributed by atoms with Crippen LogP contribution >= 0.6 is 0 Å². The third kappa shape index (κ3) is 16.4. The molecule has 4 amide bonds. The summed E-state index contributed by atoms with van der Waals surface area (Å²) in [5.74, 6) is 0.453. The zero-order valence-electron chi connectivity index (χ0n) is 48.6. The molecule has 9 rings (SSSR count). The maximum Gasteiger partial charge on any atom is 0.284 e. The molecule has 19 nitrogen and oxygen atoms in total. The maximum absolute atomic E-state index is 14.7. The quantitative estimate of drug-likeness (QED) is 0.0276. The number of nitrogens with zero attached hydrogens (tertiary/aromatic N) is 5. The number of nitrogens with one attached hydrogen (secondary N) is 5. The number of anilines is 2. The fourth-order valence-corrected chi connectivity index (χ4v) is 10.2. The van der Waals surface area contributed by atoms with Crippen LogP contribution in [0.4, 0.5) is 20.3 Å². The van der Waals surface area contributed by atoms with Crippen LogP contribution in [0.5, 0.6) is 5.75 Å². The van der Waals surface area contributed by atoms with E-state index in [2.05, 4.69) is 53.8 Å². The summed E-state index contributed by atoms with van der Waals surface area (Å²) in [6, 6.07) is 22.9. The van der Waals surface area contributed by atoms with Crippen LogP contribution in [0.3, 0.4) is 0 Å². The number of aryl methyl sites for hydroxylation is 1. The average Bonchev–Trinajstić information content (AvgIpc) is 2.01. The van der Waals surface area contributed by atoms with Crippen LogP contribution in [0.2, 0.25) is 0 Å². The second-order valence-corrected chi connectivity index (χ2v) is 22.8. The van der Waals surface area contributed by atoms with Crippen LogP contribution in [0.1, 0.15) is 123 Å². The van der Waals surface area contributed by atoms with Gasteiger partial charge in [0.25, 0.3) is 12.3 Å². The van der Waals surface area contributed by atoms with Crippen molar-refractivity contribution in [3.05, 3.63) is 137 Å². The first-order chi connectivity index (χ1) is 40.6. The number of rotatable bonds is 29. The number of alkyl halides is 2. The molecule has 0 saturated heterocycles. The monoisotopic (exact) mass is 1160 g/mol. The van der Waals surface area contributed by atoms with Crippen molar-refractivity contribution in [2.75, 3.05) is 70.0 Å². The minimum Gasteiger partial charge on any atom is -0.491 e. The Morgan fingerprint density at radius 3 is 2.35 bits per heavy atom. The Morgan fingerprint density at radius 2 is 1.61 bits per heavy atom. The van der Waals surface area contributed by atoms with Gasteiger partial charge in [-0.3, -0.25) is 19.2 Å². The molecule has 0 unspecified atom stereocenters. The summed E-state index contributed by atoms with van der Waals surface area (Å²) < 4.78 is 58.4. The van der Waals surface area contributed by atoms with E-state index in [0.29, 0.717) is 101 Å². The van der Waals surface area contributed by atoms with Crippen molar-refractivity contribution in [1.82, 2.24) is 40.6 Å². The molecule has 6 aromatic rings. The molecule has 0 radical (unpaired) electrons. The molecular formula is C63H78F2N10O9. The van der Waals surface area contributed by atoms with Crippen molar-refractivity contribution in [2.24, 2.45) is 17.3 Å². The van der Waals surface area contributed by atoms with Gasteiger partial charge in [0.15, 0.2) is 11.4 Å². The maximum atomic E-state index is 14.7. The molecule has 5 N–H and O–H groups in total. The third-order valence-corrected chi connectivity index (χ3v) is 15.4. The van der Waals surface area contributed by atoms with Gasteiger partial charge in [0, 0.05) is 50.3 Å². The van der Waals surface area contributed by atoms with Gasteiger partial charge < -0.3 is 54.8 Å². The number of hydrogen-bond donors (Lipinski definition) is 5. The van der Waals surface area contributed by atoms with Crippen molar-refractivity contribution in [3.63, 3.8) is 0 Å². The number of oxazole rings is 1. The van der Waals surface area contributed by atoms with E-state index in [9.17, 15) is 28.0 Å². The van der Waals surface area contributed by atoms with Crippen molar-refractivity contribution < 1.29 is 51.3 Å². The molecule has 0 spiro atoms. The zero-order valence-corrected chi connectivity index (χ0v) is 48.6. The molecule has 3 aromatic carbocycles. The van der Waals surface area contributed by atoms with E-state index in [1.54, 1.807) is 35.4 Å². The van der Waals surface area contributed by atoms with Crippen LogP contribution in [-0.4, -0.2) is 120 Å². The van der Waals surface area contributed by atoms with Gasteiger partial charge in [0.05, 0.1) is 63.3 Å². The van der Waals surface area contributed by atoms with Gasteiger partial charge in [0.1, 0.15) is 36.5 Å². The number of aromatic nitrogens is 4. The molecule has 2 aliphatic carbocycles. The van der Waals surface area contributed by atoms with Crippen LogP contribution in [0.25, 0.3) is 17.1 Å². The Labute approximate surface area is 489 Å². The molecule has 21 heteroatoms. The first-order valence-electron chi connectivity index (χ1n) is 29.2. The second kappa shape index (κ2) is 28.8. The van der Waals surface area contributed by atoms with Gasteiger partial charge in [-0.25, -0.2) is 23.4 Å². The molecule has 3 aliphatic rings. The van der Waals surface area contributed by atoms with Crippen LogP contribution < -0.4 is 31.3 Å². The SMILES string of the molecule is CC[C@@H](C)C(=O)N[C@H](C(=O)N1Cc2cc(OCCOCCOCCOCCNCc3ccc(-n4cc(NC(=O)c5coc(-c6ccnc(NCC7CC7)c6)n5)c(C(F)F)n4)cc3)ccc2C[C@H]1C(=O)N[C@@H]1CCCc2ccccc21)C(C)(C)C. The lowest BCUT2D eigenvalue weighted by Gasteiger charge is -2.42. The lowest BCUT2D eigenvalue weighted by molar-refractivity contribution is -0.147. The number of ether oxygens (including phenoxy) is 4. The van der Waals surface area contributed by atoms with Crippen molar-refractivity contribution in [1.29, 1.82) is 0 Å². The minimum absolute atomic E-state index is 0.0761. The molecule has 4 atom stereocenters. The molecule has 1 aliphatic heterocycles. The number of halogens is 2. The van der Waals surface area contributed by atoms with Gasteiger partial charge in [-0.1, -0.05) is 77.1 Å². The summed E-state index contributed by atoms with van der Waals surface area (Å²) in [5, 5.41) is 19.6. The number of carbonyl (C=O) groups is 4. The highest BCUT2D eigenvalue weighted by Gasteiger charge is 2.43. The van der Waals surface area contributed by atoms with Crippen LogP contribution in [0.15, 0.2) is 102 Å². The standard InChI is InChI=1S/C63H78F2N10O9/c1-6-40(2)58(76)72-56(63(3,4)5)62(79)74-37-46-32-48(21-18-44(46)33-53(74)60(78)69-50-13-9-11-43-10-7-8-12-49(43)50)83-31-30-82-29-28-81-27-26-80-25-24-66-35-41-16-19-47(20-17-41)75-38-51(55(73-75)57(64)65)70-59(77)52-39-84-61(71-52)45-22-23-67-54(34-45)68-36-42-14-15-42/h7-8,10,12,16-23,32,34,38-40,42,50,53,56-57,66H,6,9,11,13-15,24-31,33,35-37H2,1-5H3,(H,67,68)(H,69,78)(H,70,77)(H,72,76)/t40-,50-,53+,56-/m1/s1. The Morgan fingerprint density at radius 1 is 0.857 bits per heavy atom. The molecule has 448 valence electrons. The highest BCUT2D eigenvalue weighted by molar-refractivity contribution is 6.03. The van der Waals surface area contributed by atoms with E-state index in [1.807, 2.05) is 77.1 Å². The third-order valence-electron chi connectivity index (χ3n) is 15.4. The summed E-state index contributed by atoms with van der Waals surface area (Å²) in [6.45, 7) is 14.3. The lowest BCUT2D eigenvalue weighted by atomic mass is 9.83. The highest BCUT2D eigenvalue weighted by atomic mass is 19.3. The lowest BCUT2D eigenvalue weighted by Crippen LogP contribution is -2.61. The predicted molar refractivity (Wildman–Crippen MR) is 313 cm³/mol. The Balaban J connectivity index is 0.661. The minimum atomic E-state index is -2.95. The molecule has 84 heavy (non-hydrogen) atoms. The van der Waals surface area contributed by atoms with Crippen molar-refractivity contribution >= 4 is 35.1 Å². The topological polar surface area (TPSA) is 225 Å². The first-order valence-corrected chi connectivity index (χ1v) is 29.2. The summed E-state index contributed by atoms with van der Waals surface area (Å²) in [6.07, 6.45) is 7.29. The average molecular weight is 1160 g/mol. The first kappa shape index (κ1) is 61.0. The summed E-state index contributed by atoms with van der Waals surface area (Å²) in [7, 11) is 0. The zero-order chi connectivity index (χ0) is 59.2. The molecule has 1 saturated carbocycles. The fraction of sp³-hybridized carbons (Fsp3) is 0.476.